The van der Waals surface area contributed by atoms with E-state index in [4.69, 9.17) is 0 Å². The summed E-state index contributed by atoms with van der Waals surface area (Å²) in [5, 5.41) is 18.8. The molecule has 0 bridgehead atoms. The highest BCUT2D eigenvalue weighted by Crippen LogP contribution is 2.28. The Morgan fingerprint density at radius 3 is 2.81 bits per heavy atom. The van der Waals surface area contributed by atoms with Crippen LogP contribution in [0.1, 0.15) is 36.6 Å². The lowest BCUT2D eigenvalue weighted by Crippen LogP contribution is -2.37. The number of aliphatic hydroxyl groups is 1. The van der Waals surface area contributed by atoms with Crippen LogP contribution in [0.4, 0.5) is 0 Å². The average molecular weight is 349 g/mol. The molecule has 0 saturated carbocycles. The molecule has 1 aliphatic heterocycles. The minimum atomic E-state index is -0.539. The number of likely N-dealkylation sites (tertiary alicyclic amines) is 1. The number of aromatic amines is 1. The summed E-state index contributed by atoms with van der Waals surface area (Å²) in [6.07, 6.45) is 2.29. The van der Waals surface area contributed by atoms with Gasteiger partial charge < -0.3 is 10.0 Å². The SMILES string of the molecule is O=C(Cc1[nH]nc2ccccc12)N1CCC[C@H]1C[C@@H](O)c1ccccc1. The molecule has 5 heteroatoms. The molecule has 0 spiro atoms. The van der Waals surface area contributed by atoms with Gasteiger partial charge in [0.05, 0.1) is 23.7 Å². The van der Waals surface area contributed by atoms with Gasteiger partial charge in [0.2, 0.25) is 5.91 Å². The number of nitrogens with zero attached hydrogens (tertiary/aromatic N) is 2. The van der Waals surface area contributed by atoms with Crippen molar-refractivity contribution in [3.8, 4) is 0 Å². The Bertz CT molecular complexity index is 890. The monoisotopic (exact) mass is 349 g/mol. The smallest absolute Gasteiger partial charge is 0.228 e. The van der Waals surface area contributed by atoms with Gasteiger partial charge in [-0.15, -0.1) is 0 Å². The molecule has 1 aliphatic rings. The Kier molecular flexibility index (Phi) is 4.71. The first kappa shape index (κ1) is 16.8. The van der Waals surface area contributed by atoms with Crippen LogP contribution < -0.4 is 0 Å². The first-order valence-electron chi connectivity index (χ1n) is 9.17. The first-order chi connectivity index (χ1) is 12.7. The normalized spacial score (nSPS) is 18.3. The summed E-state index contributed by atoms with van der Waals surface area (Å²) in [5.74, 6) is 0.0992. The summed E-state index contributed by atoms with van der Waals surface area (Å²) >= 11 is 0. The van der Waals surface area contributed by atoms with E-state index in [-0.39, 0.29) is 11.9 Å². The van der Waals surface area contributed by atoms with Gasteiger partial charge in [-0.25, -0.2) is 0 Å². The summed E-state index contributed by atoms with van der Waals surface area (Å²) in [7, 11) is 0. The zero-order valence-electron chi connectivity index (χ0n) is 14.6. The van der Waals surface area contributed by atoms with Crippen LogP contribution in [0.5, 0.6) is 0 Å². The highest BCUT2D eigenvalue weighted by atomic mass is 16.3. The molecule has 26 heavy (non-hydrogen) atoms. The molecule has 1 saturated heterocycles. The second kappa shape index (κ2) is 7.30. The number of nitrogens with one attached hydrogen (secondary N) is 1. The Labute approximate surface area is 152 Å². The van der Waals surface area contributed by atoms with E-state index >= 15 is 0 Å². The molecular formula is C21H23N3O2. The number of hydrogen-bond donors (Lipinski definition) is 2. The highest BCUT2D eigenvalue weighted by molar-refractivity contribution is 5.87. The van der Waals surface area contributed by atoms with Gasteiger partial charge in [-0.3, -0.25) is 9.89 Å². The number of fused-ring (bicyclic) bond motifs is 1. The van der Waals surface area contributed by atoms with Crippen molar-refractivity contribution in [3.05, 3.63) is 65.9 Å². The molecule has 2 atom stereocenters. The fourth-order valence-electron chi connectivity index (χ4n) is 3.88. The van der Waals surface area contributed by atoms with Crippen LogP contribution in [-0.4, -0.2) is 38.7 Å². The molecule has 0 radical (unpaired) electrons. The molecule has 0 unspecified atom stereocenters. The summed E-state index contributed by atoms with van der Waals surface area (Å²) in [5.41, 5.74) is 2.65. The van der Waals surface area contributed by atoms with Gasteiger partial charge >= 0.3 is 0 Å². The van der Waals surface area contributed by atoms with E-state index in [2.05, 4.69) is 10.2 Å². The largest absolute Gasteiger partial charge is 0.388 e. The molecule has 1 amide bonds. The van der Waals surface area contributed by atoms with Crippen molar-refractivity contribution >= 4 is 16.8 Å². The Balaban J connectivity index is 1.45. The van der Waals surface area contributed by atoms with Crippen molar-refractivity contribution in [1.29, 1.82) is 0 Å². The number of aliphatic hydroxyl groups excluding tert-OH is 1. The average Bonchev–Trinajstić information content (AvgIpc) is 3.30. The van der Waals surface area contributed by atoms with Crippen LogP contribution in [0, 0.1) is 0 Å². The number of amides is 1. The summed E-state index contributed by atoms with van der Waals surface area (Å²) in [6.45, 7) is 0.761. The van der Waals surface area contributed by atoms with E-state index < -0.39 is 6.10 Å². The fourth-order valence-corrected chi connectivity index (χ4v) is 3.88. The Morgan fingerprint density at radius 2 is 1.96 bits per heavy atom. The van der Waals surface area contributed by atoms with E-state index in [1.807, 2.05) is 59.5 Å². The number of rotatable bonds is 5. The second-order valence-corrected chi connectivity index (χ2v) is 6.94. The molecule has 0 aliphatic carbocycles. The van der Waals surface area contributed by atoms with Gasteiger partial charge in [-0.2, -0.15) is 5.10 Å². The van der Waals surface area contributed by atoms with Gasteiger partial charge in [-0.05, 0) is 30.9 Å². The van der Waals surface area contributed by atoms with Crippen molar-refractivity contribution < 1.29 is 9.90 Å². The third-order valence-corrected chi connectivity index (χ3v) is 5.25. The standard InChI is InChI=1S/C21H23N3O2/c25-20(15-7-2-1-3-8-15)13-16-9-6-12-24(16)21(26)14-19-17-10-4-5-11-18(17)22-23-19/h1-5,7-8,10-11,16,20,25H,6,9,12-14H2,(H,22,23)/t16-,20+/m0/s1. The lowest BCUT2D eigenvalue weighted by atomic mass is 10.0. The number of benzene rings is 2. The number of aromatic nitrogens is 2. The highest BCUT2D eigenvalue weighted by Gasteiger charge is 2.31. The van der Waals surface area contributed by atoms with Gasteiger partial charge in [0, 0.05) is 18.0 Å². The topological polar surface area (TPSA) is 69.2 Å². The Morgan fingerprint density at radius 1 is 1.19 bits per heavy atom. The zero-order valence-corrected chi connectivity index (χ0v) is 14.6. The van der Waals surface area contributed by atoms with Crippen LogP contribution in [0.25, 0.3) is 10.9 Å². The number of para-hydroxylation sites is 1. The van der Waals surface area contributed by atoms with Gasteiger partial charge in [-0.1, -0.05) is 48.5 Å². The summed E-state index contributed by atoms with van der Waals surface area (Å²) < 4.78 is 0. The maximum atomic E-state index is 12.9. The van der Waals surface area contributed by atoms with E-state index in [0.717, 1.165) is 41.5 Å². The third-order valence-electron chi connectivity index (χ3n) is 5.25. The van der Waals surface area contributed by atoms with Gasteiger partial charge in [0.1, 0.15) is 0 Å². The molecule has 2 N–H and O–H groups in total. The quantitative estimate of drug-likeness (QED) is 0.743. The van der Waals surface area contributed by atoms with E-state index in [9.17, 15) is 9.90 Å². The molecule has 4 rings (SSSR count). The van der Waals surface area contributed by atoms with Crippen LogP contribution in [0.3, 0.4) is 0 Å². The predicted octanol–water partition coefficient (Wildman–Crippen LogP) is 3.22. The zero-order chi connectivity index (χ0) is 17.9. The summed E-state index contributed by atoms with van der Waals surface area (Å²) in [4.78, 5) is 14.8. The van der Waals surface area contributed by atoms with E-state index in [1.54, 1.807) is 0 Å². The number of hydrogen-bond acceptors (Lipinski definition) is 3. The third kappa shape index (κ3) is 3.35. The van der Waals surface area contributed by atoms with Crippen molar-refractivity contribution in [2.75, 3.05) is 6.54 Å². The van der Waals surface area contributed by atoms with Crippen molar-refractivity contribution in [3.63, 3.8) is 0 Å². The van der Waals surface area contributed by atoms with Crippen LogP contribution in [0.2, 0.25) is 0 Å². The van der Waals surface area contributed by atoms with E-state index in [0.29, 0.717) is 12.8 Å². The van der Waals surface area contributed by atoms with Crippen LogP contribution in [-0.2, 0) is 11.2 Å². The molecule has 5 nitrogen and oxygen atoms in total. The maximum absolute atomic E-state index is 12.9. The minimum absolute atomic E-state index is 0.0897. The molecule has 2 heterocycles. The van der Waals surface area contributed by atoms with Crippen molar-refractivity contribution in [1.82, 2.24) is 15.1 Å². The van der Waals surface area contributed by atoms with E-state index in [1.165, 1.54) is 0 Å². The lowest BCUT2D eigenvalue weighted by molar-refractivity contribution is -0.131. The molecular weight excluding hydrogens is 326 g/mol. The fraction of sp³-hybridized carbons (Fsp3) is 0.333. The van der Waals surface area contributed by atoms with Crippen molar-refractivity contribution in [2.45, 2.75) is 37.8 Å². The number of carbonyl (C=O) groups excluding carboxylic acids is 1. The van der Waals surface area contributed by atoms with Crippen molar-refractivity contribution in [2.24, 2.45) is 0 Å². The molecule has 134 valence electrons. The predicted molar refractivity (Wildman–Crippen MR) is 101 cm³/mol. The Hall–Kier alpha value is -2.66. The van der Waals surface area contributed by atoms with Gasteiger partial charge in [0.25, 0.3) is 0 Å². The molecule has 2 aromatic carbocycles. The van der Waals surface area contributed by atoms with Crippen LogP contribution >= 0.6 is 0 Å². The lowest BCUT2D eigenvalue weighted by Gasteiger charge is -2.26. The minimum Gasteiger partial charge on any atom is -0.388 e. The molecule has 1 fully saturated rings. The number of carbonyl (C=O) groups is 1. The van der Waals surface area contributed by atoms with Crippen LogP contribution in [0.15, 0.2) is 54.6 Å². The second-order valence-electron chi connectivity index (χ2n) is 6.94. The number of H-pyrrole nitrogens is 1. The summed E-state index contributed by atoms with van der Waals surface area (Å²) in [6, 6.07) is 17.6. The maximum Gasteiger partial charge on any atom is 0.228 e. The first-order valence-corrected chi connectivity index (χ1v) is 9.17. The molecule has 1 aromatic heterocycles. The molecule has 3 aromatic rings. The van der Waals surface area contributed by atoms with Gasteiger partial charge in [0.15, 0.2) is 0 Å².